The molecule has 1 aromatic carbocycles. The molecule has 4 nitrogen and oxygen atoms in total. The predicted octanol–water partition coefficient (Wildman–Crippen LogP) is 2.60. The van der Waals surface area contributed by atoms with Crippen molar-refractivity contribution in [3.05, 3.63) is 47.5 Å². The summed E-state index contributed by atoms with van der Waals surface area (Å²) >= 11 is 0. The number of Topliss-reactive ketones (excluding diaryl/α,β-unsaturated/α-hetero) is 1. The van der Waals surface area contributed by atoms with Gasteiger partial charge in [0.2, 0.25) is 0 Å². The second-order valence-electron chi connectivity index (χ2n) is 5.63. The molecule has 0 aliphatic rings. The van der Waals surface area contributed by atoms with Crippen LogP contribution in [0.1, 0.15) is 30.8 Å². The average molecular weight is 271 g/mol. The summed E-state index contributed by atoms with van der Waals surface area (Å²) in [6, 6.07) is 8.08. The summed E-state index contributed by atoms with van der Waals surface area (Å²) in [7, 11) is 0. The zero-order chi connectivity index (χ0) is 14.5. The van der Waals surface area contributed by atoms with Gasteiger partial charge >= 0.3 is 0 Å². The van der Waals surface area contributed by atoms with Gasteiger partial charge in [0.05, 0.1) is 6.42 Å². The van der Waals surface area contributed by atoms with Gasteiger partial charge in [-0.1, -0.05) is 43.7 Å². The Morgan fingerprint density at radius 1 is 1.20 bits per heavy atom. The summed E-state index contributed by atoms with van der Waals surface area (Å²) < 4.78 is 1.83. The number of ketones is 1. The van der Waals surface area contributed by atoms with Crippen LogP contribution in [0.25, 0.3) is 0 Å². The van der Waals surface area contributed by atoms with E-state index in [1.165, 1.54) is 11.9 Å². The minimum Gasteiger partial charge on any atom is -0.299 e. The van der Waals surface area contributed by atoms with E-state index >= 15 is 0 Å². The van der Waals surface area contributed by atoms with Crippen LogP contribution in [-0.2, 0) is 24.2 Å². The van der Waals surface area contributed by atoms with Crippen molar-refractivity contribution in [2.75, 3.05) is 0 Å². The third kappa shape index (κ3) is 4.02. The largest absolute Gasteiger partial charge is 0.299 e. The van der Waals surface area contributed by atoms with E-state index < -0.39 is 0 Å². The van der Waals surface area contributed by atoms with Crippen LogP contribution < -0.4 is 0 Å². The molecule has 0 unspecified atom stereocenters. The van der Waals surface area contributed by atoms with Gasteiger partial charge in [-0.3, -0.25) is 4.79 Å². The standard InChI is InChI=1S/C16H21N3O/c1-12(2)10-19-16(17-11-18-19)9-15(20)8-14-6-4-13(3)5-7-14/h4-7,11-12H,8-10H2,1-3H3. The number of aryl methyl sites for hydroxylation is 1. The molecule has 2 aromatic rings. The lowest BCUT2D eigenvalue weighted by Crippen LogP contribution is -2.15. The van der Waals surface area contributed by atoms with Gasteiger partial charge in [0, 0.05) is 13.0 Å². The first-order valence-electron chi connectivity index (χ1n) is 6.98. The summed E-state index contributed by atoms with van der Waals surface area (Å²) in [5.74, 6) is 1.42. The second kappa shape index (κ2) is 6.46. The highest BCUT2D eigenvalue weighted by Gasteiger charge is 2.11. The molecule has 0 fully saturated rings. The van der Waals surface area contributed by atoms with Crippen molar-refractivity contribution < 1.29 is 4.79 Å². The fourth-order valence-electron chi connectivity index (χ4n) is 2.10. The van der Waals surface area contributed by atoms with Gasteiger partial charge in [-0.15, -0.1) is 0 Å². The lowest BCUT2D eigenvalue weighted by molar-refractivity contribution is -0.117. The minimum absolute atomic E-state index is 0.173. The molecule has 0 aliphatic carbocycles. The predicted molar refractivity (Wildman–Crippen MR) is 78.5 cm³/mol. The zero-order valence-electron chi connectivity index (χ0n) is 12.3. The minimum atomic E-state index is 0.173. The smallest absolute Gasteiger partial charge is 0.144 e. The molecule has 4 heteroatoms. The van der Waals surface area contributed by atoms with Crippen molar-refractivity contribution in [2.24, 2.45) is 5.92 Å². The van der Waals surface area contributed by atoms with Crippen LogP contribution in [0.3, 0.4) is 0 Å². The fraction of sp³-hybridized carbons (Fsp3) is 0.438. The van der Waals surface area contributed by atoms with Crippen LogP contribution in [0.5, 0.6) is 0 Å². The maximum absolute atomic E-state index is 12.1. The van der Waals surface area contributed by atoms with Crippen molar-refractivity contribution >= 4 is 5.78 Å². The molecular weight excluding hydrogens is 250 g/mol. The van der Waals surface area contributed by atoms with Crippen LogP contribution in [0.2, 0.25) is 0 Å². The molecule has 0 bridgehead atoms. The number of benzene rings is 1. The van der Waals surface area contributed by atoms with Gasteiger partial charge in [-0.05, 0) is 18.4 Å². The number of hydrogen-bond acceptors (Lipinski definition) is 3. The summed E-state index contributed by atoms with van der Waals surface area (Å²) in [5.41, 5.74) is 2.26. The van der Waals surface area contributed by atoms with E-state index in [2.05, 4.69) is 23.9 Å². The maximum atomic E-state index is 12.1. The molecule has 0 amide bonds. The molecule has 20 heavy (non-hydrogen) atoms. The normalized spacial score (nSPS) is 11.0. The molecule has 0 spiro atoms. The van der Waals surface area contributed by atoms with Crippen molar-refractivity contribution in [1.82, 2.24) is 14.8 Å². The Kier molecular flexibility index (Phi) is 4.66. The highest BCUT2D eigenvalue weighted by molar-refractivity contribution is 5.82. The Bertz CT molecular complexity index is 570. The SMILES string of the molecule is Cc1ccc(CC(=O)Cc2ncnn2CC(C)C)cc1. The summed E-state index contributed by atoms with van der Waals surface area (Å²) in [6.45, 7) is 7.09. The van der Waals surface area contributed by atoms with Crippen molar-refractivity contribution in [3.63, 3.8) is 0 Å². The molecular formula is C16H21N3O. The molecule has 0 atom stereocenters. The Morgan fingerprint density at radius 2 is 1.90 bits per heavy atom. The van der Waals surface area contributed by atoms with E-state index in [4.69, 9.17) is 0 Å². The lowest BCUT2D eigenvalue weighted by Gasteiger charge is -2.08. The van der Waals surface area contributed by atoms with Gasteiger partial charge in [0.15, 0.2) is 0 Å². The summed E-state index contributed by atoms with van der Waals surface area (Å²) in [4.78, 5) is 16.3. The highest BCUT2D eigenvalue weighted by Crippen LogP contribution is 2.07. The first kappa shape index (κ1) is 14.4. The number of hydrogen-bond donors (Lipinski definition) is 0. The molecule has 106 valence electrons. The fourth-order valence-corrected chi connectivity index (χ4v) is 2.10. The molecule has 2 rings (SSSR count). The molecule has 0 saturated carbocycles. The van der Waals surface area contributed by atoms with E-state index in [-0.39, 0.29) is 5.78 Å². The molecule has 0 saturated heterocycles. The Hall–Kier alpha value is -1.97. The topological polar surface area (TPSA) is 47.8 Å². The van der Waals surface area contributed by atoms with Crippen LogP contribution in [-0.4, -0.2) is 20.5 Å². The maximum Gasteiger partial charge on any atom is 0.144 e. The second-order valence-corrected chi connectivity index (χ2v) is 5.63. The van der Waals surface area contributed by atoms with Gasteiger partial charge in [0.1, 0.15) is 17.9 Å². The van der Waals surface area contributed by atoms with Crippen molar-refractivity contribution in [1.29, 1.82) is 0 Å². The number of carbonyl (C=O) groups excluding carboxylic acids is 1. The van der Waals surface area contributed by atoms with E-state index in [1.807, 2.05) is 35.9 Å². The summed E-state index contributed by atoms with van der Waals surface area (Å²) in [6.07, 6.45) is 2.33. The number of carbonyl (C=O) groups is 1. The Labute approximate surface area is 119 Å². The third-order valence-electron chi connectivity index (χ3n) is 3.11. The first-order valence-corrected chi connectivity index (χ1v) is 6.98. The monoisotopic (exact) mass is 271 g/mol. The molecule has 1 heterocycles. The van der Waals surface area contributed by atoms with Gasteiger partial charge in [-0.25, -0.2) is 9.67 Å². The van der Waals surface area contributed by atoms with Gasteiger partial charge < -0.3 is 0 Å². The average Bonchev–Trinajstić information content (AvgIpc) is 2.78. The quantitative estimate of drug-likeness (QED) is 0.811. The van der Waals surface area contributed by atoms with Crippen molar-refractivity contribution in [2.45, 2.75) is 40.2 Å². The molecule has 1 aromatic heterocycles. The van der Waals surface area contributed by atoms with Crippen LogP contribution >= 0.6 is 0 Å². The number of rotatable bonds is 6. The van der Waals surface area contributed by atoms with Crippen LogP contribution in [0, 0.1) is 12.8 Å². The lowest BCUT2D eigenvalue weighted by atomic mass is 10.1. The molecule has 0 N–H and O–H groups in total. The Balaban J connectivity index is 1.98. The zero-order valence-corrected chi connectivity index (χ0v) is 12.3. The van der Waals surface area contributed by atoms with Crippen LogP contribution in [0.4, 0.5) is 0 Å². The number of nitrogens with zero attached hydrogens (tertiary/aromatic N) is 3. The summed E-state index contributed by atoms with van der Waals surface area (Å²) in [5, 5.41) is 4.18. The van der Waals surface area contributed by atoms with Crippen molar-refractivity contribution in [3.8, 4) is 0 Å². The third-order valence-corrected chi connectivity index (χ3v) is 3.11. The highest BCUT2D eigenvalue weighted by atomic mass is 16.1. The molecule has 0 aliphatic heterocycles. The van der Waals surface area contributed by atoms with Crippen LogP contribution in [0.15, 0.2) is 30.6 Å². The molecule has 0 radical (unpaired) electrons. The van der Waals surface area contributed by atoms with E-state index in [9.17, 15) is 4.79 Å². The van der Waals surface area contributed by atoms with E-state index in [0.29, 0.717) is 18.8 Å². The van der Waals surface area contributed by atoms with E-state index in [0.717, 1.165) is 17.9 Å². The van der Waals surface area contributed by atoms with Gasteiger partial charge in [-0.2, -0.15) is 5.10 Å². The first-order chi connectivity index (χ1) is 9.54. The Morgan fingerprint density at radius 3 is 2.55 bits per heavy atom. The van der Waals surface area contributed by atoms with Gasteiger partial charge in [0.25, 0.3) is 0 Å². The number of aromatic nitrogens is 3. The van der Waals surface area contributed by atoms with E-state index in [1.54, 1.807) is 0 Å².